The number of hydrogen-bond acceptors (Lipinski definition) is 6. The Morgan fingerprint density at radius 3 is 2.89 bits per heavy atom. The van der Waals surface area contributed by atoms with Crippen LogP contribution in [0.1, 0.15) is 43.9 Å². The molecule has 2 heterocycles. The zero-order valence-electron chi connectivity index (χ0n) is 17.0. The molecule has 2 rings (SSSR count). The second kappa shape index (κ2) is 12.9. The average molecular weight is 415 g/mol. The standard InChI is InChI=1S/C20H34N4O3.ClH/c1-15(27-2)14-24(13-10-18(21)20(25)26)12-4-3-7-17-9-8-16-6-5-11-22-19(16)23-17;/h8-9,15,18H,3-7,10-14,21H2,1-2H3,(H,22,23)(H,25,26);1H/t15-,18+;/m1./s1. The molecule has 0 radical (unpaired) electrons. The first-order chi connectivity index (χ1) is 13.0. The van der Waals surface area contributed by atoms with Crippen LogP contribution in [0.15, 0.2) is 12.1 Å². The van der Waals surface area contributed by atoms with Crippen LogP contribution in [0.25, 0.3) is 0 Å². The van der Waals surface area contributed by atoms with E-state index in [2.05, 4.69) is 22.3 Å². The molecule has 0 saturated heterocycles. The number of halogens is 1. The lowest BCUT2D eigenvalue weighted by Gasteiger charge is -2.25. The van der Waals surface area contributed by atoms with Crippen LogP contribution < -0.4 is 11.1 Å². The van der Waals surface area contributed by atoms with Crippen molar-refractivity contribution >= 4 is 24.2 Å². The summed E-state index contributed by atoms with van der Waals surface area (Å²) in [6.07, 6.45) is 5.89. The summed E-state index contributed by atoms with van der Waals surface area (Å²) in [6.45, 7) is 5.39. The number of ether oxygens (including phenoxy) is 1. The molecule has 0 saturated carbocycles. The zero-order chi connectivity index (χ0) is 19.6. The van der Waals surface area contributed by atoms with Gasteiger partial charge in [0.2, 0.25) is 0 Å². The van der Waals surface area contributed by atoms with Crippen LogP contribution in [-0.4, -0.2) is 66.4 Å². The van der Waals surface area contributed by atoms with Crippen molar-refractivity contribution in [3.8, 4) is 0 Å². The molecule has 0 aliphatic carbocycles. The van der Waals surface area contributed by atoms with Gasteiger partial charge in [-0.3, -0.25) is 4.79 Å². The summed E-state index contributed by atoms with van der Waals surface area (Å²) >= 11 is 0. The number of pyridine rings is 1. The Hall–Kier alpha value is -1.41. The molecule has 1 aromatic heterocycles. The predicted molar refractivity (Wildman–Crippen MR) is 114 cm³/mol. The van der Waals surface area contributed by atoms with Crippen LogP contribution in [0.2, 0.25) is 0 Å². The fraction of sp³-hybridized carbons (Fsp3) is 0.700. The first-order valence-electron chi connectivity index (χ1n) is 9.95. The fourth-order valence-electron chi connectivity index (χ4n) is 3.33. The lowest BCUT2D eigenvalue weighted by Crippen LogP contribution is -2.38. The van der Waals surface area contributed by atoms with E-state index >= 15 is 0 Å². The van der Waals surface area contributed by atoms with E-state index in [1.807, 2.05) is 6.92 Å². The van der Waals surface area contributed by atoms with Gasteiger partial charge in [-0.15, -0.1) is 12.4 Å². The van der Waals surface area contributed by atoms with Crippen molar-refractivity contribution in [2.45, 2.75) is 57.6 Å². The Morgan fingerprint density at radius 2 is 2.18 bits per heavy atom. The maximum atomic E-state index is 10.9. The minimum atomic E-state index is -0.943. The first kappa shape index (κ1) is 24.6. The Morgan fingerprint density at radius 1 is 1.39 bits per heavy atom. The number of carboxylic acid groups (broad SMARTS) is 1. The maximum absolute atomic E-state index is 10.9. The fourth-order valence-corrected chi connectivity index (χ4v) is 3.33. The topological polar surface area (TPSA) is 101 Å². The lowest BCUT2D eigenvalue weighted by atomic mass is 10.1. The van der Waals surface area contributed by atoms with E-state index in [1.54, 1.807) is 7.11 Å². The number of fused-ring (bicyclic) bond motifs is 1. The van der Waals surface area contributed by atoms with E-state index in [1.165, 1.54) is 12.0 Å². The van der Waals surface area contributed by atoms with Gasteiger partial charge in [0, 0.05) is 32.4 Å². The molecular formula is C20H35ClN4O3. The number of methoxy groups -OCH3 is 1. The lowest BCUT2D eigenvalue weighted by molar-refractivity contribution is -0.138. The summed E-state index contributed by atoms with van der Waals surface area (Å²) in [5, 5.41) is 12.4. The number of unbranched alkanes of at least 4 members (excludes halogenated alkanes) is 1. The summed E-state index contributed by atoms with van der Waals surface area (Å²) in [6, 6.07) is 3.53. The Balaban J connectivity index is 0.00000392. The number of hydrogen-bond donors (Lipinski definition) is 3. The highest BCUT2D eigenvalue weighted by Crippen LogP contribution is 2.20. The van der Waals surface area contributed by atoms with Crippen LogP contribution in [0.3, 0.4) is 0 Å². The molecule has 0 fully saturated rings. The number of carboxylic acids is 1. The molecule has 0 unspecified atom stereocenters. The molecule has 7 nitrogen and oxygen atoms in total. The monoisotopic (exact) mass is 414 g/mol. The van der Waals surface area contributed by atoms with Crippen LogP contribution in [0.5, 0.6) is 0 Å². The van der Waals surface area contributed by atoms with Gasteiger partial charge < -0.3 is 25.8 Å². The van der Waals surface area contributed by atoms with Crippen molar-refractivity contribution in [1.29, 1.82) is 0 Å². The number of rotatable bonds is 12. The van der Waals surface area contributed by atoms with Gasteiger partial charge in [-0.25, -0.2) is 4.98 Å². The molecule has 0 aromatic carbocycles. The number of nitrogens with zero attached hydrogens (tertiary/aromatic N) is 2. The minimum absolute atomic E-state index is 0. The summed E-state index contributed by atoms with van der Waals surface area (Å²) in [5.41, 5.74) is 8.09. The molecule has 0 spiro atoms. The largest absolute Gasteiger partial charge is 0.480 e. The SMILES string of the molecule is CO[C@H](C)CN(CCCCc1ccc2c(n1)NCCC2)CC[C@H](N)C(=O)O.Cl. The van der Waals surface area contributed by atoms with E-state index in [9.17, 15) is 4.79 Å². The molecule has 4 N–H and O–H groups in total. The average Bonchev–Trinajstić information content (AvgIpc) is 2.68. The van der Waals surface area contributed by atoms with E-state index < -0.39 is 12.0 Å². The second-order valence-corrected chi connectivity index (χ2v) is 7.38. The molecule has 8 heteroatoms. The number of nitrogens with one attached hydrogen (secondary N) is 1. The van der Waals surface area contributed by atoms with Gasteiger partial charge in [-0.1, -0.05) is 6.07 Å². The number of carbonyl (C=O) groups is 1. The maximum Gasteiger partial charge on any atom is 0.320 e. The van der Waals surface area contributed by atoms with Crippen LogP contribution in [0, 0.1) is 0 Å². The van der Waals surface area contributed by atoms with Crippen molar-refractivity contribution in [3.05, 3.63) is 23.4 Å². The van der Waals surface area contributed by atoms with Crippen molar-refractivity contribution in [3.63, 3.8) is 0 Å². The third-order valence-corrected chi connectivity index (χ3v) is 5.10. The summed E-state index contributed by atoms with van der Waals surface area (Å²) < 4.78 is 5.36. The molecule has 0 bridgehead atoms. The van der Waals surface area contributed by atoms with Gasteiger partial charge >= 0.3 is 5.97 Å². The zero-order valence-corrected chi connectivity index (χ0v) is 17.8. The molecule has 160 valence electrons. The molecule has 2 atom stereocenters. The van der Waals surface area contributed by atoms with Crippen molar-refractivity contribution in [1.82, 2.24) is 9.88 Å². The van der Waals surface area contributed by atoms with Gasteiger partial charge in [-0.2, -0.15) is 0 Å². The van der Waals surface area contributed by atoms with E-state index in [0.717, 1.165) is 56.8 Å². The Bertz CT molecular complexity index is 603. The number of aryl methyl sites for hydroxylation is 2. The summed E-state index contributed by atoms with van der Waals surface area (Å²) in [5.74, 6) is 0.110. The third kappa shape index (κ3) is 8.31. The highest BCUT2D eigenvalue weighted by atomic mass is 35.5. The van der Waals surface area contributed by atoms with Crippen LogP contribution in [-0.2, 0) is 22.4 Å². The van der Waals surface area contributed by atoms with Crippen LogP contribution >= 0.6 is 12.4 Å². The number of aliphatic carboxylic acids is 1. The highest BCUT2D eigenvalue weighted by molar-refractivity contribution is 5.85. The van der Waals surface area contributed by atoms with E-state index in [0.29, 0.717) is 13.0 Å². The third-order valence-electron chi connectivity index (χ3n) is 5.10. The second-order valence-electron chi connectivity index (χ2n) is 7.38. The normalized spacial score (nSPS) is 15.3. The van der Waals surface area contributed by atoms with Crippen LogP contribution in [0.4, 0.5) is 5.82 Å². The number of nitrogens with two attached hydrogens (primary N) is 1. The Kier molecular flexibility index (Phi) is 11.4. The summed E-state index contributed by atoms with van der Waals surface area (Å²) in [7, 11) is 1.70. The quantitative estimate of drug-likeness (QED) is 0.451. The molecule has 1 aromatic rings. The van der Waals surface area contributed by atoms with Gasteiger partial charge in [0.25, 0.3) is 0 Å². The Labute approximate surface area is 174 Å². The molecule has 0 amide bonds. The van der Waals surface area contributed by atoms with Crippen molar-refractivity contribution < 1.29 is 14.6 Å². The van der Waals surface area contributed by atoms with Gasteiger partial charge in [0.05, 0.1) is 6.10 Å². The predicted octanol–water partition coefficient (Wildman–Crippen LogP) is 2.32. The molecule has 1 aliphatic rings. The van der Waals surface area contributed by atoms with Gasteiger partial charge in [0.15, 0.2) is 0 Å². The van der Waals surface area contributed by atoms with Gasteiger partial charge in [0.1, 0.15) is 11.9 Å². The summed E-state index contributed by atoms with van der Waals surface area (Å²) in [4.78, 5) is 17.9. The molecule has 1 aliphatic heterocycles. The van der Waals surface area contributed by atoms with Gasteiger partial charge in [-0.05, 0) is 63.6 Å². The van der Waals surface area contributed by atoms with Crippen molar-refractivity contribution in [2.24, 2.45) is 5.73 Å². The minimum Gasteiger partial charge on any atom is -0.480 e. The highest BCUT2D eigenvalue weighted by Gasteiger charge is 2.16. The molecule has 28 heavy (non-hydrogen) atoms. The van der Waals surface area contributed by atoms with Crippen molar-refractivity contribution in [2.75, 3.05) is 38.6 Å². The number of aromatic nitrogens is 1. The smallest absolute Gasteiger partial charge is 0.320 e. The number of anilines is 1. The van der Waals surface area contributed by atoms with E-state index in [4.69, 9.17) is 20.6 Å². The van der Waals surface area contributed by atoms with E-state index in [-0.39, 0.29) is 18.5 Å². The first-order valence-corrected chi connectivity index (χ1v) is 9.95. The molecular weight excluding hydrogens is 380 g/mol.